The minimum absolute atomic E-state index is 0.314. The van der Waals surface area contributed by atoms with E-state index in [9.17, 15) is 3.67 Å². The molecular formula is C2H4O3V. The predicted octanol–water partition coefficient (Wildman–Crippen LogP) is -1.09. The van der Waals surface area contributed by atoms with Gasteiger partial charge in [-0.15, -0.1) is 0 Å². The average Bonchev–Trinajstić information content (AvgIpc) is 1.65. The first-order valence-corrected chi connectivity index (χ1v) is 2.57. The third-order valence-electron chi connectivity index (χ3n) is 0.247. The Morgan fingerprint density at radius 3 is 2.33 bits per heavy atom. The second kappa shape index (κ2) is 3.37. The minimum atomic E-state index is -1.37. The van der Waals surface area contributed by atoms with Gasteiger partial charge in [0.05, 0.1) is 0 Å². The van der Waals surface area contributed by atoms with E-state index in [-0.39, 0.29) is 4.41 Å². The Hall–Kier alpha value is 0.174. The van der Waals surface area contributed by atoms with Crippen LogP contribution in [0.3, 0.4) is 0 Å². The number of hydrogen-bond donors (Lipinski definition) is 2. The molecule has 0 radical (unpaired) electrons. The summed E-state index contributed by atoms with van der Waals surface area (Å²) in [6.45, 7) is -0.469. The van der Waals surface area contributed by atoms with Gasteiger partial charge < -0.3 is 0 Å². The predicted molar refractivity (Wildman–Crippen MR) is 14.7 cm³/mol. The zero-order chi connectivity index (χ0) is 4.99. The van der Waals surface area contributed by atoms with Crippen molar-refractivity contribution in [3.8, 4) is 0 Å². The van der Waals surface area contributed by atoms with Gasteiger partial charge in [0.15, 0.2) is 0 Å². The molecule has 0 aliphatic heterocycles. The fourth-order valence-corrected chi connectivity index (χ4v) is 0.119. The van der Waals surface area contributed by atoms with Gasteiger partial charge in [-0.25, -0.2) is 0 Å². The molecule has 0 saturated heterocycles. The summed E-state index contributed by atoms with van der Waals surface area (Å²) in [6, 6.07) is 0. The second-order valence-electron chi connectivity index (χ2n) is 0.666. The summed E-state index contributed by atoms with van der Waals surface area (Å²) in [5.41, 5.74) is 0. The topological polar surface area (TPSA) is 57.5 Å². The van der Waals surface area contributed by atoms with Crippen molar-refractivity contribution in [3.05, 3.63) is 0 Å². The van der Waals surface area contributed by atoms with Gasteiger partial charge in [0.2, 0.25) is 0 Å². The molecule has 0 fully saturated rings. The molecule has 6 heavy (non-hydrogen) atoms. The molecule has 0 heterocycles. The quantitative estimate of drug-likeness (QED) is 0.470. The molecule has 0 aliphatic rings. The molecule has 0 unspecified atom stereocenters. The molecule has 0 spiro atoms. The van der Waals surface area contributed by atoms with E-state index in [0.717, 1.165) is 0 Å². The first-order chi connectivity index (χ1) is 2.81. The zero-order valence-electron chi connectivity index (χ0n) is 2.96. The molecule has 0 atom stereocenters. The molecule has 4 heteroatoms. The van der Waals surface area contributed by atoms with E-state index in [1.54, 1.807) is 0 Å². The molecule has 0 aromatic carbocycles. The SMILES string of the molecule is [O]=[V]=[C](O)CO. The van der Waals surface area contributed by atoms with Gasteiger partial charge in [0, 0.05) is 0 Å². The van der Waals surface area contributed by atoms with Gasteiger partial charge in [-0.1, -0.05) is 0 Å². The zero-order valence-corrected chi connectivity index (χ0v) is 4.35. The van der Waals surface area contributed by atoms with E-state index in [1.807, 2.05) is 0 Å². The summed E-state index contributed by atoms with van der Waals surface area (Å²) in [5.74, 6) is 0. The van der Waals surface area contributed by atoms with Gasteiger partial charge in [-0.3, -0.25) is 0 Å². The van der Waals surface area contributed by atoms with E-state index in [2.05, 4.69) is 0 Å². The van der Waals surface area contributed by atoms with Gasteiger partial charge in [0.1, 0.15) is 0 Å². The van der Waals surface area contributed by atoms with Crippen LogP contribution in [0, 0.1) is 0 Å². The fourth-order valence-electron chi connectivity index (χ4n) is 0.0289. The molecule has 0 aliphatic carbocycles. The second-order valence-corrected chi connectivity index (χ2v) is 1.76. The van der Waals surface area contributed by atoms with E-state index in [0.29, 0.717) is 0 Å². The van der Waals surface area contributed by atoms with E-state index < -0.39 is 22.4 Å². The monoisotopic (exact) mass is 127 g/mol. The summed E-state index contributed by atoms with van der Waals surface area (Å²) in [5, 5.41) is 15.9. The third kappa shape index (κ3) is 2.41. The fraction of sp³-hybridized carbons (Fsp3) is 0.500. The Labute approximate surface area is 41.4 Å². The van der Waals surface area contributed by atoms with Gasteiger partial charge in [-0.2, -0.15) is 0 Å². The Morgan fingerprint density at radius 1 is 1.83 bits per heavy atom. The van der Waals surface area contributed by atoms with E-state index in [1.165, 1.54) is 0 Å². The molecule has 0 saturated carbocycles. The summed E-state index contributed by atoms with van der Waals surface area (Å²) < 4.78 is 9.19. The summed E-state index contributed by atoms with van der Waals surface area (Å²) >= 11 is -1.37. The average molecular weight is 127 g/mol. The van der Waals surface area contributed by atoms with Crippen molar-refractivity contribution in [1.82, 2.24) is 0 Å². The number of rotatable bonds is 1. The number of hydrogen-bond acceptors (Lipinski definition) is 3. The van der Waals surface area contributed by atoms with E-state index >= 15 is 0 Å². The molecule has 2 N–H and O–H groups in total. The van der Waals surface area contributed by atoms with Crippen molar-refractivity contribution in [2.75, 3.05) is 6.61 Å². The first-order valence-electron chi connectivity index (χ1n) is 1.30. The molecule has 35 valence electrons. The van der Waals surface area contributed by atoms with Crippen LogP contribution < -0.4 is 0 Å². The van der Waals surface area contributed by atoms with Crippen LogP contribution >= 0.6 is 0 Å². The van der Waals surface area contributed by atoms with Gasteiger partial charge in [0.25, 0.3) is 0 Å². The van der Waals surface area contributed by atoms with Crippen LogP contribution in [0.4, 0.5) is 0 Å². The molecule has 0 rings (SSSR count). The Kier molecular flexibility index (Phi) is 3.47. The van der Waals surface area contributed by atoms with Crippen LogP contribution in [0.1, 0.15) is 0 Å². The van der Waals surface area contributed by atoms with Crippen LogP contribution in [0.25, 0.3) is 0 Å². The van der Waals surface area contributed by atoms with Gasteiger partial charge >= 0.3 is 40.7 Å². The summed E-state index contributed by atoms with van der Waals surface area (Å²) in [4.78, 5) is 0. The van der Waals surface area contributed by atoms with Crippen molar-refractivity contribution >= 4 is 4.41 Å². The number of aliphatic hydroxyl groups is 2. The molecule has 3 nitrogen and oxygen atoms in total. The number of aliphatic hydroxyl groups excluding tert-OH is 2. The molecule has 0 bridgehead atoms. The van der Waals surface area contributed by atoms with E-state index in [4.69, 9.17) is 10.2 Å². The first kappa shape index (κ1) is 6.17. The summed E-state index contributed by atoms with van der Waals surface area (Å²) in [6.07, 6.45) is 0. The molecule has 0 aromatic heterocycles. The molecular weight excluding hydrogens is 123 g/mol. The Morgan fingerprint density at radius 2 is 2.33 bits per heavy atom. The maximum absolute atomic E-state index is 9.51. The van der Waals surface area contributed by atoms with Crippen LogP contribution in [-0.2, 0) is 19.5 Å². The van der Waals surface area contributed by atoms with Crippen LogP contribution in [0.2, 0.25) is 0 Å². The van der Waals surface area contributed by atoms with Crippen molar-refractivity contribution in [2.24, 2.45) is 0 Å². The summed E-state index contributed by atoms with van der Waals surface area (Å²) in [7, 11) is 0. The Balaban J connectivity index is 3.52. The standard InChI is InChI=1S/C2H4O2.O.V/c3-1-2-4;;/h3-4H,1H2;;. The van der Waals surface area contributed by atoms with Crippen molar-refractivity contribution < 1.29 is 29.7 Å². The van der Waals surface area contributed by atoms with Crippen LogP contribution in [0.5, 0.6) is 0 Å². The van der Waals surface area contributed by atoms with Crippen LogP contribution in [0.15, 0.2) is 0 Å². The molecule has 0 aromatic rings. The van der Waals surface area contributed by atoms with Crippen molar-refractivity contribution in [1.29, 1.82) is 0 Å². The molecule has 0 amide bonds. The van der Waals surface area contributed by atoms with Crippen LogP contribution in [-0.4, -0.2) is 21.2 Å². The van der Waals surface area contributed by atoms with Crippen molar-refractivity contribution in [2.45, 2.75) is 0 Å². The normalized spacial score (nSPS) is 7.00. The van der Waals surface area contributed by atoms with Gasteiger partial charge in [-0.05, 0) is 0 Å². The maximum atomic E-state index is 9.51. The third-order valence-corrected chi connectivity index (χ3v) is 0.797. The Bertz CT molecular complexity index is 82.8. The van der Waals surface area contributed by atoms with Crippen molar-refractivity contribution in [3.63, 3.8) is 0 Å².